The molecule has 2 aromatic carbocycles. The van der Waals surface area contributed by atoms with Crippen LogP contribution < -0.4 is 5.32 Å². The smallest absolute Gasteiger partial charge is 0.137 e. The Kier molecular flexibility index (Phi) is 4.79. The van der Waals surface area contributed by atoms with Gasteiger partial charge in [-0.05, 0) is 41.0 Å². The van der Waals surface area contributed by atoms with Crippen LogP contribution in [0.25, 0.3) is 33.3 Å². The first kappa shape index (κ1) is 17.9. The third kappa shape index (κ3) is 3.71. The number of benzene rings is 2. The minimum absolute atomic E-state index is 0.619. The number of aromatic nitrogens is 5. The van der Waals surface area contributed by atoms with Gasteiger partial charge in [0.2, 0.25) is 0 Å². The number of hydrogen-bond donors (Lipinski definition) is 1. The van der Waals surface area contributed by atoms with Gasteiger partial charge in [-0.3, -0.25) is 4.98 Å². The van der Waals surface area contributed by atoms with Crippen molar-refractivity contribution in [2.75, 3.05) is 5.32 Å². The fourth-order valence-electron chi connectivity index (χ4n) is 3.34. The summed E-state index contributed by atoms with van der Waals surface area (Å²) in [5.41, 5.74) is 6.09. The van der Waals surface area contributed by atoms with Gasteiger partial charge in [0, 0.05) is 23.7 Å². The van der Waals surface area contributed by atoms with Gasteiger partial charge in [-0.2, -0.15) is 10.2 Å². The summed E-state index contributed by atoms with van der Waals surface area (Å²) >= 11 is 0. The van der Waals surface area contributed by atoms with Gasteiger partial charge in [0.25, 0.3) is 0 Å². The average Bonchev–Trinajstić information content (AvgIpc) is 2.84. The zero-order valence-corrected chi connectivity index (χ0v) is 16.1. The van der Waals surface area contributed by atoms with E-state index in [-0.39, 0.29) is 0 Å². The maximum Gasteiger partial charge on any atom is 0.137 e. The molecule has 3 aromatic heterocycles. The Labute approximate surface area is 173 Å². The lowest BCUT2D eigenvalue weighted by Gasteiger charge is -2.10. The summed E-state index contributed by atoms with van der Waals surface area (Å²) in [7, 11) is 0. The van der Waals surface area contributed by atoms with E-state index in [4.69, 9.17) is 0 Å². The van der Waals surface area contributed by atoms with Crippen LogP contribution in [0.3, 0.4) is 0 Å². The molecule has 0 atom stereocenters. The molecule has 0 aliphatic carbocycles. The molecule has 0 aliphatic rings. The molecule has 5 rings (SSSR count). The number of anilines is 1. The van der Waals surface area contributed by atoms with E-state index >= 15 is 0 Å². The van der Waals surface area contributed by atoms with Gasteiger partial charge < -0.3 is 5.32 Å². The Hall–Kier alpha value is -4.19. The van der Waals surface area contributed by atoms with Crippen LogP contribution in [0.4, 0.5) is 5.82 Å². The van der Waals surface area contributed by atoms with E-state index in [1.165, 1.54) is 5.56 Å². The summed E-state index contributed by atoms with van der Waals surface area (Å²) in [5, 5.41) is 12.1. The molecule has 0 spiro atoms. The quantitative estimate of drug-likeness (QED) is 0.466. The summed E-state index contributed by atoms with van der Waals surface area (Å²) in [6.45, 7) is 0.619. The van der Waals surface area contributed by atoms with E-state index in [1.54, 1.807) is 18.7 Å². The fraction of sp³-hybridized carbons (Fsp3) is 0.0417. The third-order valence-electron chi connectivity index (χ3n) is 4.91. The van der Waals surface area contributed by atoms with E-state index in [2.05, 4.69) is 60.8 Å². The standard InChI is InChI=1S/C24H18N6/c1-2-4-18(5-3-1)19-7-8-21-23(12-19)27-16-28-24(21)26-14-17-6-9-22(25-13-17)20-10-11-29-30-15-20/h1-13,15-16H,14H2,(H,26,27,28). The minimum Gasteiger partial charge on any atom is -0.365 e. The summed E-state index contributed by atoms with van der Waals surface area (Å²) in [5.74, 6) is 0.807. The largest absolute Gasteiger partial charge is 0.365 e. The van der Waals surface area contributed by atoms with Crippen molar-refractivity contribution < 1.29 is 0 Å². The number of nitrogens with one attached hydrogen (secondary N) is 1. The second-order valence-electron chi connectivity index (χ2n) is 6.86. The summed E-state index contributed by atoms with van der Waals surface area (Å²) in [4.78, 5) is 13.4. The zero-order chi connectivity index (χ0) is 20.2. The topological polar surface area (TPSA) is 76.5 Å². The average molecular weight is 390 g/mol. The first-order chi connectivity index (χ1) is 14.9. The lowest BCUT2D eigenvalue weighted by Crippen LogP contribution is -2.03. The second-order valence-corrected chi connectivity index (χ2v) is 6.86. The number of rotatable bonds is 5. The molecule has 0 unspecified atom stereocenters. The number of pyridine rings is 1. The summed E-state index contributed by atoms with van der Waals surface area (Å²) in [6, 6.07) is 22.5. The Morgan fingerprint density at radius 3 is 2.43 bits per heavy atom. The van der Waals surface area contributed by atoms with Crippen LogP contribution in [-0.4, -0.2) is 25.1 Å². The lowest BCUT2D eigenvalue weighted by atomic mass is 10.0. The van der Waals surface area contributed by atoms with E-state index in [0.29, 0.717) is 6.54 Å². The monoisotopic (exact) mass is 390 g/mol. The molecule has 0 saturated carbocycles. The maximum absolute atomic E-state index is 4.53. The Bertz CT molecular complexity index is 1270. The molecular weight excluding hydrogens is 372 g/mol. The van der Waals surface area contributed by atoms with Gasteiger partial charge in [-0.25, -0.2) is 9.97 Å². The van der Waals surface area contributed by atoms with E-state index in [1.807, 2.05) is 42.6 Å². The van der Waals surface area contributed by atoms with Gasteiger partial charge in [0.1, 0.15) is 12.1 Å². The normalized spacial score (nSPS) is 10.8. The van der Waals surface area contributed by atoms with Crippen molar-refractivity contribution in [2.24, 2.45) is 0 Å². The van der Waals surface area contributed by atoms with Gasteiger partial charge >= 0.3 is 0 Å². The fourth-order valence-corrected chi connectivity index (χ4v) is 3.34. The van der Waals surface area contributed by atoms with Crippen LogP contribution in [0.1, 0.15) is 5.56 Å². The zero-order valence-electron chi connectivity index (χ0n) is 16.1. The predicted molar refractivity (Wildman–Crippen MR) is 118 cm³/mol. The molecule has 5 aromatic rings. The second kappa shape index (κ2) is 8.05. The molecule has 0 radical (unpaired) electrons. The Balaban J connectivity index is 1.35. The highest BCUT2D eigenvalue weighted by Gasteiger charge is 2.06. The molecule has 0 amide bonds. The molecule has 6 heteroatoms. The van der Waals surface area contributed by atoms with Crippen LogP contribution in [0.2, 0.25) is 0 Å². The van der Waals surface area contributed by atoms with Crippen LogP contribution in [-0.2, 0) is 6.54 Å². The molecule has 6 nitrogen and oxygen atoms in total. The van der Waals surface area contributed by atoms with Crippen LogP contribution in [0.5, 0.6) is 0 Å². The van der Waals surface area contributed by atoms with Crippen molar-refractivity contribution in [3.63, 3.8) is 0 Å². The van der Waals surface area contributed by atoms with Gasteiger partial charge in [-0.15, -0.1) is 0 Å². The van der Waals surface area contributed by atoms with Crippen molar-refractivity contribution in [2.45, 2.75) is 6.54 Å². The van der Waals surface area contributed by atoms with E-state index in [9.17, 15) is 0 Å². The van der Waals surface area contributed by atoms with Crippen molar-refractivity contribution >= 4 is 16.7 Å². The van der Waals surface area contributed by atoms with Crippen molar-refractivity contribution in [1.82, 2.24) is 25.1 Å². The van der Waals surface area contributed by atoms with Crippen molar-refractivity contribution in [1.29, 1.82) is 0 Å². The van der Waals surface area contributed by atoms with Crippen LogP contribution in [0, 0.1) is 0 Å². The van der Waals surface area contributed by atoms with Crippen molar-refractivity contribution in [3.05, 3.63) is 97.2 Å². The highest BCUT2D eigenvalue weighted by atomic mass is 15.1. The van der Waals surface area contributed by atoms with E-state index < -0.39 is 0 Å². The number of nitrogens with zero attached hydrogens (tertiary/aromatic N) is 5. The van der Waals surface area contributed by atoms with Crippen molar-refractivity contribution in [3.8, 4) is 22.4 Å². The van der Waals surface area contributed by atoms with Crippen LogP contribution >= 0.6 is 0 Å². The summed E-state index contributed by atoms with van der Waals surface area (Å²) < 4.78 is 0. The highest BCUT2D eigenvalue weighted by Crippen LogP contribution is 2.26. The summed E-state index contributed by atoms with van der Waals surface area (Å²) in [6.07, 6.45) is 6.82. The minimum atomic E-state index is 0.619. The lowest BCUT2D eigenvalue weighted by molar-refractivity contribution is 1.03. The number of fused-ring (bicyclic) bond motifs is 1. The van der Waals surface area contributed by atoms with Crippen LogP contribution in [0.15, 0.2) is 91.6 Å². The molecule has 3 heterocycles. The van der Waals surface area contributed by atoms with Gasteiger partial charge in [0.05, 0.1) is 23.6 Å². The van der Waals surface area contributed by atoms with Gasteiger partial charge in [0.15, 0.2) is 0 Å². The first-order valence-electron chi connectivity index (χ1n) is 9.63. The molecular formula is C24H18N6. The molecule has 30 heavy (non-hydrogen) atoms. The highest BCUT2D eigenvalue weighted by molar-refractivity contribution is 5.91. The Morgan fingerprint density at radius 1 is 0.700 bits per heavy atom. The Morgan fingerprint density at radius 2 is 1.63 bits per heavy atom. The molecule has 0 saturated heterocycles. The molecule has 1 N–H and O–H groups in total. The van der Waals surface area contributed by atoms with E-state index in [0.717, 1.165) is 39.1 Å². The molecule has 0 bridgehead atoms. The number of hydrogen-bond acceptors (Lipinski definition) is 6. The third-order valence-corrected chi connectivity index (χ3v) is 4.91. The molecule has 0 aliphatic heterocycles. The molecule has 144 valence electrons. The predicted octanol–water partition coefficient (Wildman–Crippen LogP) is 4.76. The van der Waals surface area contributed by atoms with Gasteiger partial charge in [-0.1, -0.05) is 42.5 Å². The first-order valence-corrected chi connectivity index (χ1v) is 9.63. The SMILES string of the molecule is c1ccc(-c2ccc3c(NCc4ccc(-c5ccnnc5)nc4)ncnc3c2)cc1. The molecule has 0 fully saturated rings. The maximum atomic E-state index is 4.53.